The summed E-state index contributed by atoms with van der Waals surface area (Å²) in [6, 6.07) is 16.8. The molecule has 2 aromatic carbocycles. The molecule has 0 saturated carbocycles. The first kappa shape index (κ1) is 17.8. The van der Waals surface area contributed by atoms with Crippen LogP contribution in [0.3, 0.4) is 0 Å². The van der Waals surface area contributed by atoms with Gasteiger partial charge in [0.2, 0.25) is 5.91 Å². The van der Waals surface area contributed by atoms with E-state index in [-0.39, 0.29) is 5.60 Å². The largest absolute Gasteiger partial charge is 0.482 e. The fourth-order valence-corrected chi connectivity index (χ4v) is 3.97. The number of unbranched alkanes of at least 4 members (excludes halogenated alkanes) is 1. The Hall–Kier alpha value is -2.55. The van der Waals surface area contributed by atoms with E-state index in [1.54, 1.807) is 0 Å². The van der Waals surface area contributed by atoms with Crippen molar-refractivity contribution in [2.24, 2.45) is 0 Å². The molecule has 1 amide bonds. The fraction of sp³-hybridized carbons (Fsp3) is 0.375. The molecule has 0 bridgehead atoms. The minimum atomic E-state index is -0.261. The van der Waals surface area contributed by atoms with E-state index in [1.165, 1.54) is 11.1 Å². The topological polar surface area (TPSA) is 29.5 Å². The second-order valence-corrected chi connectivity index (χ2v) is 7.60. The van der Waals surface area contributed by atoms with Crippen LogP contribution in [0.1, 0.15) is 44.6 Å². The molecule has 3 heteroatoms. The monoisotopic (exact) mass is 361 g/mol. The number of rotatable bonds is 4. The Morgan fingerprint density at radius 2 is 1.85 bits per heavy atom. The quantitative estimate of drug-likeness (QED) is 0.738. The Bertz CT molecular complexity index is 833. The number of benzene rings is 2. The van der Waals surface area contributed by atoms with Gasteiger partial charge >= 0.3 is 0 Å². The molecule has 1 spiro atoms. The lowest BCUT2D eigenvalue weighted by molar-refractivity contribution is -0.134. The number of hydrogen-bond donors (Lipinski definition) is 0. The maximum Gasteiger partial charge on any atom is 0.222 e. The molecule has 2 aliphatic heterocycles. The van der Waals surface area contributed by atoms with Crippen LogP contribution >= 0.6 is 0 Å². The first-order valence-electron chi connectivity index (χ1n) is 10.0. The third-order valence-electron chi connectivity index (χ3n) is 5.70. The molecular weight excluding hydrogens is 334 g/mol. The number of carbonyl (C=O) groups is 1. The van der Waals surface area contributed by atoms with Crippen LogP contribution in [0.5, 0.6) is 5.75 Å². The summed E-state index contributed by atoms with van der Waals surface area (Å²) in [5.41, 5.74) is 3.29. The number of hydrogen-bond acceptors (Lipinski definition) is 2. The molecular formula is C24H27NO2. The minimum absolute atomic E-state index is 0.261. The number of likely N-dealkylation sites (tertiary alicyclic amines) is 1. The number of ether oxygens (including phenoxy) is 1. The second kappa shape index (κ2) is 7.59. The molecule has 140 valence electrons. The van der Waals surface area contributed by atoms with E-state index in [4.69, 9.17) is 4.74 Å². The van der Waals surface area contributed by atoms with Crippen molar-refractivity contribution in [1.82, 2.24) is 4.90 Å². The second-order valence-electron chi connectivity index (χ2n) is 7.60. The Morgan fingerprint density at radius 1 is 1.07 bits per heavy atom. The molecule has 0 unspecified atom stereocenters. The van der Waals surface area contributed by atoms with Crippen LogP contribution in [0.25, 0.3) is 17.2 Å². The van der Waals surface area contributed by atoms with Gasteiger partial charge in [0, 0.05) is 37.9 Å². The van der Waals surface area contributed by atoms with Crippen LogP contribution < -0.4 is 4.74 Å². The van der Waals surface area contributed by atoms with Gasteiger partial charge in [-0.2, -0.15) is 0 Å². The van der Waals surface area contributed by atoms with Gasteiger partial charge in [0.05, 0.1) is 0 Å². The zero-order valence-corrected chi connectivity index (χ0v) is 16.0. The predicted octanol–water partition coefficient (Wildman–Crippen LogP) is 5.31. The van der Waals surface area contributed by atoms with Crippen LogP contribution in [-0.2, 0) is 4.79 Å². The highest BCUT2D eigenvalue weighted by molar-refractivity contribution is 5.76. The van der Waals surface area contributed by atoms with Gasteiger partial charge in [-0.15, -0.1) is 0 Å². The van der Waals surface area contributed by atoms with Crippen LogP contribution in [0.2, 0.25) is 0 Å². The van der Waals surface area contributed by atoms with Gasteiger partial charge in [-0.05, 0) is 35.8 Å². The molecule has 2 aliphatic rings. The van der Waals surface area contributed by atoms with Crippen molar-refractivity contribution < 1.29 is 9.53 Å². The molecule has 4 rings (SSSR count). The van der Waals surface area contributed by atoms with Crippen molar-refractivity contribution in [2.45, 2.75) is 44.6 Å². The molecule has 2 aromatic rings. The maximum absolute atomic E-state index is 12.3. The van der Waals surface area contributed by atoms with Crippen LogP contribution in [0.15, 0.2) is 54.6 Å². The number of nitrogens with zero attached hydrogens (tertiary/aromatic N) is 1. The molecule has 0 N–H and O–H groups in total. The molecule has 3 nitrogen and oxygen atoms in total. The average Bonchev–Trinajstić information content (AvgIpc) is 2.73. The maximum atomic E-state index is 12.3. The fourth-order valence-electron chi connectivity index (χ4n) is 3.97. The molecule has 1 fully saturated rings. The number of fused-ring (bicyclic) bond motifs is 1. The van der Waals surface area contributed by atoms with Gasteiger partial charge in [-0.3, -0.25) is 4.79 Å². The third kappa shape index (κ3) is 3.78. The highest BCUT2D eigenvalue weighted by Crippen LogP contribution is 2.38. The van der Waals surface area contributed by atoms with E-state index in [1.807, 2.05) is 11.0 Å². The summed E-state index contributed by atoms with van der Waals surface area (Å²) in [5.74, 6) is 1.24. The molecule has 27 heavy (non-hydrogen) atoms. The zero-order chi connectivity index (χ0) is 18.7. The summed E-state index contributed by atoms with van der Waals surface area (Å²) in [7, 11) is 0. The van der Waals surface area contributed by atoms with Gasteiger partial charge in [-0.1, -0.05) is 55.8 Å². The molecule has 1 saturated heterocycles. The van der Waals surface area contributed by atoms with Gasteiger partial charge in [0.25, 0.3) is 0 Å². The molecule has 0 aromatic heterocycles. The van der Waals surface area contributed by atoms with Crippen molar-refractivity contribution in [2.75, 3.05) is 13.1 Å². The lowest BCUT2D eigenvalue weighted by Crippen LogP contribution is -2.49. The lowest BCUT2D eigenvalue weighted by atomic mass is 9.87. The summed E-state index contributed by atoms with van der Waals surface area (Å²) in [6.45, 7) is 3.69. The molecule has 0 radical (unpaired) electrons. The first-order valence-corrected chi connectivity index (χ1v) is 10.0. The van der Waals surface area contributed by atoms with Crippen LogP contribution in [0.4, 0.5) is 0 Å². The van der Waals surface area contributed by atoms with Gasteiger partial charge in [0.1, 0.15) is 11.4 Å². The Labute approximate surface area is 161 Å². The van der Waals surface area contributed by atoms with Gasteiger partial charge in [0.15, 0.2) is 0 Å². The zero-order valence-electron chi connectivity index (χ0n) is 16.0. The number of carbonyl (C=O) groups excluding carboxylic acids is 1. The number of amides is 1. The van der Waals surface area contributed by atoms with Crippen LogP contribution in [0, 0.1) is 0 Å². The van der Waals surface area contributed by atoms with E-state index in [9.17, 15) is 4.79 Å². The highest BCUT2D eigenvalue weighted by Gasteiger charge is 2.37. The van der Waals surface area contributed by atoms with Crippen molar-refractivity contribution in [1.29, 1.82) is 0 Å². The molecule has 2 heterocycles. The van der Waals surface area contributed by atoms with Gasteiger partial charge < -0.3 is 9.64 Å². The summed E-state index contributed by atoms with van der Waals surface area (Å²) in [4.78, 5) is 14.3. The Morgan fingerprint density at radius 3 is 2.59 bits per heavy atom. The summed E-state index contributed by atoms with van der Waals surface area (Å²) < 4.78 is 6.44. The van der Waals surface area contributed by atoms with E-state index in [2.05, 4.69) is 61.5 Å². The van der Waals surface area contributed by atoms with Crippen molar-refractivity contribution >= 4 is 12.0 Å². The van der Waals surface area contributed by atoms with Crippen LogP contribution in [-0.4, -0.2) is 29.5 Å². The predicted molar refractivity (Wildman–Crippen MR) is 110 cm³/mol. The summed E-state index contributed by atoms with van der Waals surface area (Å²) in [6.07, 6.45) is 8.84. The van der Waals surface area contributed by atoms with E-state index < -0.39 is 0 Å². The lowest BCUT2D eigenvalue weighted by Gasteiger charge is -2.42. The van der Waals surface area contributed by atoms with E-state index in [0.717, 1.165) is 50.1 Å². The smallest absolute Gasteiger partial charge is 0.222 e. The summed E-state index contributed by atoms with van der Waals surface area (Å²) in [5, 5.41) is 0. The normalized spacial score (nSPS) is 17.4. The van der Waals surface area contributed by atoms with Crippen molar-refractivity contribution in [3.63, 3.8) is 0 Å². The highest BCUT2D eigenvalue weighted by atomic mass is 16.5. The van der Waals surface area contributed by atoms with E-state index in [0.29, 0.717) is 12.3 Å². The first-order chi connectivity index (χ1) is 13.2. The standard InChI is InChI=1S/C24H27NO2/c1-2-3-9-23(26)25-16-14-24(15-17-25)13-12-21-18-20(10-11-22(21)27-24)19-7-5-4-6-8-19/h4-8,10-13,18H,2-3,9,14-17H2,1H3. The SMILES string of the molecule is CCCCC(=O)N1CCC2(C=Cc3cc(-c4ccccc4)ccc3O2)CC1. The Balaban J connectivity index is 1.45. The molecule has 0 aliphatic carbocycles. The van der Waals surface area contributed by atoms with Crippen molar-refractivity contribution in [3.05, 3.63) is 60.2 Å². The van der Waals surface area contributed by atoms with Crippen molar-refractivity contribution in [3.8, 4) is 16.9 Å². The van der Waals surface area contributed by atoms with Gasteiger partial charge in [-0.25, -0.2) is 0 Å². The van der Waals surface area contributed by atoms with E-state index >= 15 is 0 Å². The minimum Gasteiger partial charge on any atom is -0.482 e. The number of piperidine rings is 1. The summed E-state index contributed by atoms with van der Waals surface area (Å²) >= 11 is 0. The average molecular weight is 361 g/mol. The Kier molecular flexibility index (Phi) is 5.02. The molecule has 0 atom stereocenters. The third-order valence-corrected chi connectivity index (χ3v) is 5.70.